The second-order valence-corrected chi connectivity index (χ2v) is 25.3. The number of carbonyl (C=O) groups is 9. The Kier molecular flexibility index (Phi) is 31.3. The number of nitrogens with zero attached hydrogens (tertiary/aromatic N) is 5. The maximum absolute atomic E-state index is 14.8. The highest BCUT2D eigenvalue weighted by atomic mass is 32.1. The second-order valence-electron chi connectivity index (χ2n) is 24.8. The molecule has 1 aromatic rings. The maximum Gasteiger partial charge on any atom is 0.340 e. The number of thiocarbonyl (C=S) groups is 1. The molecule has 0 saturated carbocycles. The third-order valence-electron chi connectivity index (χ3n) is 15.2. The van der Waals surface area contributed by atoms with Crippen molar-refractivity contribution in [3.05, 3.63) is 42.1 Å². The molecule has 22 nitrogen and oxygen atoms in total. The third kappa shape index (κ3) is 21.1. The zero-order valence-electron chi connectivity index (χ0n) is 54.2. The van der Waals surface area contributed by atoms with Gasteiger partial charge < -0.3 is 67.0 Å². The van der Waals surface area contributed by atoms with Crippen LogP contribution in [-0.2, 0) is 43.2 Å². The van der Waals surface area contributed by atoms with Crippen LogP contribution in [0.3, 0.4) is 0 Å². The van der Waals surface area contributed by atoms with Crippen LogP contribution in [0.25, 0.3) is 0 Å². The molecule has 9 unspecified atom stereocenters. The molecule has 7 amide bonds. The van der Waals surface area contributed by atoms with Crippen molar-refractivity contribution < 1.29 is 53.4 Å². The van der Waals surface area contributed by atoms with Crippen molar-refractivity contribution in [3.8, 4) is 0 Å². The fourth-order valence-corrected chi connectivity index (χ4v) is 10.4. The molecule has 0 saturated heterocycles. The summed E-state index contributed by atoms with van der Waals surface area (Å²) >= 11 is 4.64. The fourth-order valence-electron chi connectivity index (χ4n) is 10.3. The number of anilines is 1. The molecule has 0 heterocycles. The minimum Gasteiger partial charge on any atom is -0.479 e. The van der Waals surface area contributed by atoms with Gasteiger partial charge in [0.05, 0.1) is 18.2 Å². The van der Waals surface area contributed by atoms with Crippen molar-refractivity contribution >= 4 is 76.1 Å². The molecule has 0 spiro atoms. The number of carboxylic acids is 1. The molecule has 0 fully saturated rings. The first-order chi connectivity index (χ1) is 38.8. The van der Waals surface area contributed by atoms with Crippen molar-refractivity contribution in [2.75, 3.05) is 47.6 Å². The number of allylic oxidation sites excluding steroid dienone is 2. The highest BCUT2D eigenvalue weighted by Gasteiger charge is 2.58. The summed E-state index contributed by atoms with van der Waals surface area (Å²) < 4.78 is 0. The van der Waals surface area contributed by atoms with E-state index >= 15 is 0 Å². The number of aliphatic carboxylic acids is 1. The Morgan fingerprint density at radius 2 is 1.02 bits per heavy atom. The van der Waals surface area contributed by atoms with Crippen LogP contribution in [0.5, 0.6) is 0 Å². The standard InChI is InChI=1S/C54H97N9O11.C7H8N2S/c1-29(2)25-39(55-16)47(67)58-43(33(9)10)52(72)59(17)40(26-30(3)4)48(68)56-35(13)46(66)57-36(14)49(69)60(18)41(27-31(5)6)50(70)61(19)42(28-32(7)8)51(71)62(20)44(34(11)12)45(65)54(37(15)64,53(73)74)63(21)38-23-22-24-38;8-7(10)9-6-4-2-1-3-5-6/h23,29-37,39-44,55,64H,22,24-28H2,1-21H3,(H,56,68)(H,57,66)(H,58,67)(H,73,74);1-5H,(H3,8,9,10)/t35?,36?,37?,39?,40?,41?,42?,43?,44?,54-;/m1./s1. The maximum atomic E-state index is 14.8. The molecule has 10 atom stereocenters. The predicted octanol–water partition coefficient (Wildman–Crippen LogP) is 4.60. The van der Waals surface area contributed by atoms with E-state index in [0.717, 1.165) is 5.69 Å². The lowest BCUT2D eigenvalue weighted by atomic mass is 9.78. The van der Waals surface area contributed by atoms with E-state index in [9.17, 15) is 53.4 Å². The van der Waals surface area contributed by atoms with Crippen molar-refractivity contribution in [3.63, 3.8) is 0 Å². The summed E-state index contributed by atoms with van der Waals surface area (Å²) in [6, 6.07) is 1.10. The van der Waals surface area contributed by atoms with Gasteiger partial charge in [0, 0.05) is 46.6 Å². The normalized spacial score (nSPS) is 16.1. The predicted molar refractivity (Wildman–Crippen MR) is 333 cm³/mol. The van der Waals surface area contributed by atoms with E-state index in [4.69, 9.17) is 5.73 Å². The number of likely N-dealkylation sites (N-methyl/N-ethyl adjacent to an activating group) is 6. The van der Waals surface area contributed by atoms with Gasteiger partial charge in [-0.15, -0.1) is 0 Å². The Bertz CT molecular complexity index is 2420. The smallest absolute Gasteiger partial charge is 0.340 e. The molecular weight excluding hydrogens is 1090 g/mol. The summed E-state index contributed by atoms with van der Waals surface area (Å²) in [5, 5.41) is 36.2. The Balaban J connectivity index is 0.00000316. The summed E-state index contributed by atoms with van der Waals surface area (Å²) in [5.41, 5.74) is 4.32. The second kappa shape index (κ2) is 34.7. The number of rotatable bonds is 32. The van der Waals surface area contributed by atoms with Crippen LogP contribution in [0, 0.1) is 35.5 Å². The van der Waals surface area contributed by atoms with Crippen LogP contribution in [0.1, 0.15) is 142 Å². The first kappa shape index (κ1) is 75.8. The van der Waals surface area contributed by atoms with Crippen LogP contribution in [0.15, 0.2) is 42.1 Å². The molecular formula is C61H105N11O11S. The van der Waals surface area contributed by atoms with Crippen molar-refractivity contribution in [1.29, 1.82) is 0 Å². The largest absolute Gasteiger partial charge is 0.479 e. The average molecular weight is 1200 g/mol. The van der Waals surface area contributed by atoms with E-state index in [1.807, 2.05) is 85.7 Å². The molecule has 0 aromatic heterocycles. The van der Waals surface area contributed by atoms with Gasteiger partial charge in [-0.25, -0.2) is 4.79 Å². The number of amides is 7. The summed E-state index contributed by atoms with van der Waals surface area (Å²) in [6.45, 7) is 26.3. The van der Waals surface area contributed by atoms with Crippen molar-refractivity contribution in [2.45, 2.75) is 202 Å². The van der Waals surface area contributed by atoms with Gasteiger partial charge in [0.25, 0.3) is 0 Å². The number of para-hydroxylation sites is 1. The zero-order valence-corrected chi connectivity index (χ0v) is 55.0. The molecule has 0 bridgehead atoms. The summed E-state index contributed by atoms with van der Waals surface area (Å²) in [6.07, 6.45) is 2.41. The van der Waals surface area contributed by atoms with Gasteiger partial charge in [0.15, 0.2) is 10.9 Å². The van der Waals surface area contributed by atoms with E-state index in [2.05, 4.69) is 38.8 Å². The van der Waals surface area contributed by atoms with Crippen LogP contribution in [0.2, 0.25) is 0 Å². The van der Waals surface area contributed by atoms with Gasteiger partial charge in [-0.05, 0) is 126 Å². The molecule has 0 aliphatic heterocycles. The quantitative estimate of drug-likeness (QED) is 0.0361. The first-order valence-electron chi connectivity index (χ1n) is 29.5. The molecule has 9 N–H and O–H groups in total. The number of aliphatic hydroxyl groups excluding tert-OH is 1. The third-order valence-corrected chi connectivity index (χ3v) is 15.3. The van der Waals surface area contributed by atoms with Crippen LogP contribution >= 0.6 is 12.2 Å². The molecule has 1 aliphatic rings. The lowest BCUT2D eigenvalue weighted by Gasteiger charge is -2.47. The lowest BCUT2D eigenvalue weighted by Crippen LogP contribution is -2.70. The minimum atomic E-state index is -2.43. The SMILES string of the molecule is CNC(CC(C)C)C(=O)NC(C(=O)N(C)C(CC(C)C)C(=O)NC(C)C(=O)NC(C)C(=O)N(C)C(CC(C)C)C(=O)N(C)C(CC(C)C)C(=O)N(C)C(C(=O)[C@@](C(=O)O)(C(C)O)N(C)C1=CCC1)C(C)C)C(C)C.NC(=S)Nc1ccccc1. The summed E-state index contributed by atoms with van der Waals surface area (Å²) in [4.78, 5) is 133. The van der Waals surface area contributed by atoms with Crippen molar-refractivity contribution in [1.82, 2.24) is 45.8 Å². The van der Waals surface area contributed by atoms with E-state index in [1.165, 1.54) is 80.5 Å². The average Bonchev–Trinajstić information content (AvgIpc) is 1.64. The van der Waals surface area contributed by atoms with Crippen LogP contribution < -0.4 is 32.3 Å². The minimum absolute atomic E-state index is 0.0480. The Morgan fingerprint density at radius 3 is 1.42 bits per heavy atom. The number of aliphatic hydroxyl groups is 1. The van der Waals surface area contributed by atoms with Gasteiger partial charge in [0.2, 0.25) is 46.9 Å². The summed E-state index contributed by atoms with van der Waals surface area (Å²) in [5.74, 6) is -7.46. The number of nitrogens with one attached hydrogen (secondary N) is 5. The fraction of sp³-hybridized carbons (Fsp3) is 0.705. The Labute approximate surface area is 506 Å². The number of hydrogen-bond donors (Lipinski definition) is 8. The number of carboxylic acid groups (broad SMARTS) is 1. The van der Waals surface area contributed by atoms with Crippen LogP contribution in [0.4, 0.5) is 5.69 Å². The van der Waals surface area contributed by atoms with E-state index in [-0.39, 0.29) is 54.8 Å². The monoisotopic (exact) mass is 1200 g/mol. The Hall–Kier alpha value is -6.20. The number of nitrogens with two attached hydrogens (primary N) is 1. The van der Waals surface area contributed by atoms with Crippen molar-refractivity contribution in [2.24, 2.45) is 41.2 Å². The lowest BCUT2D eigenvalue weighted by molar-refractivity contribution is -0.168. The number of hydrogen-bond acceptors (Lipinski definition) is 13. The van der Waals surface area contributed by atoms with Gasteiger partial charge in [0.1, 0.15) is 36.3 Å². The highest BCUT2D eigenvalue weighted by Crippen LogP contribution is 2.35. The number of benzene rings is 1. The molecule has 2 rings (SSSR count). The number of carbonyl (C=O) groups excluding carboxylic acids is 8. The van der Waals surface area contributed by atoms with E-state index in [1.54, 1.807) is 40.8 Å². The number of ketones is 1. The Morgan fingerprint density at radius 1 is 0.583 bits per heavy atom. The number of Topliss-reactive ketones (excluding diaryl/α,β-unsaturated/α-hetero) is 1. The molecule has 1 aliphatic carbocycles. The molecule has 1 aromatic carbocycles. The zero-order chi connectivity index (χ0) is 65.0. The van der Waals surface area contributed by atoms with Gasteiger partial charge >= 0.3 is 5.97 Å². The first-order valence-corrected chi connectivity index (χ1v) is 29.9. The van der Waals surface area contributed by atoms with Crippen LogP contribution in [-0.4, -0.2) is 195 Å². The topological polar surface area (TPSA) is 296 Å². The van der Waals surface area contributed by atoms with Gasteiger partial charge in [-0.2, -0.15) is 0 Å². The highest BCUT2D eigenvalue weighted by molar-refractivity contribution is 7.80. The molecule has 84 heavy (non-hydrogen) atoms. The summed E-state index contributed by atoms with van der Waals surface area (Å²) in [7, 11) is 8.90. The molecule has 476 valence electrons. The van der Waals surface area contributed by atoms with Gasteiger partial charge in [-0.1, -0.05) is 107 Å². The van der Waals surface area contributed by atoms with E-state index < -0.39 is 113 Å². The molecule has 23 heteroatoms. The molecule has 0 radical (unpaired) electrons. The van der Waals surface area contributed by atoms with E-state index in [0.29, 0.717) is 30.1 Å². The van der Waals surface area contributed by atoms with Gasteiger partial charge in [-0.3, -0.25) is 38.4 Å².